The molecular formula is C17H26ClN3O. The van der Waals surface area contributed by atoms with Crippen LogP contribution in [-0.2, 0) is 11.3 Å². The molecule has 0 unspecified atom stereocenters. The first kappa shape index (κ1) is 17.3. The lowest BCUT2D eigenvalue weighted by atomic mass is 9.98. The number of carbonyl (C=O) groups excluding carboxylic acids is 1. The predicted octanol–water partition coefficient (Wildman–Crippen LogP) is 1.75. The maximum absolute atomic E-state index is 12.3. The van der Waals surface area contributed by atoms with E-state index in [1.165, 1.54) is 5.56 Å². The van der Waals surface area contributed by atoms with Crippen molar-refractivity contribution >= 4 is 18.3 Å². The number of benzene rings is 1. The van der Waals surface area contributed by atoms with E-state index >= 15 is 0 Å². The van der Waals surface area contributed by atoms with E-state index in [1.54, 1.807) is 0 Å². The second-order valence-corrected chi connectivity index (χ2v) is 6.30. The minimum absolute atomic E-state index is 0. The highest BCUT2D eigenvalue weighted by molar-refractivity contribution is 5.85. The summed E-state index contributed by atoms with van der Waals surface area (Å²) in [6.45, 7) is 4.91. The molecule has 0 atom stereocenters. The summed E-state index contributed by atoms with van der Waals surface area (Å²) in [5.41, 5.74) is 1.38. The molecule has 0 aliphatic carbocycles. The molecule has 0 aromatic heterocycles. The Morgan fingerprint density at radius 1 is 1.23 bits per heavy atom. The lowest BCUT2D eigenvalue weighted by Gasteiger charge is -2.39. The van der Waals surface area contributed by atoms with Crippen LogP contribution in [0.5, 0.6) is 0 Å². The van der Waals surface area contributed by atoms with Gasteiger partial charge in [-0.15, -0.1) is 12.4 Å². The third-order valence-corrected chi connectivity index (χ3v) is 4.83. The number of nitrogens with zero attached hydrogens (tertiary/aromatic N) is 2. The van der Waals surface area contributed by atoms with Gasteiger partial charge in [0.1, 0.15) is 0 Å². The van der Waals surface area contributed by atoms with Crippen LogP contribution in [-0.4, -0.2) is 55.0 Å². The van der Waals surface area contributed by atoms with Crippen LogP contribution in [0.15, 0.2) is 30.3 Å². The van der Waals surface area contributed by atoms with Crippen LogP contribution in [0.3, 0.4) is 0 Å². The van der Waals surface area contributed by atoms with Gasteiger partial charge in [0.25, 0.3) is 0 Å². The minimum Gasteiger partial charge on any atom is -0.342 e. The number of hydrogen-bond acceptors (Lipinski definition) is 3. The Morgan fingerprint density at radius 2 is 1.86 bits per heavy atom. The van der Waals surface area contributed by atoms with Gasteiger partial charge in [0.2, 0.25) is 5.91 Å². The molecular weight excluding hydrogens is 298 g/mol. The van der Waals surface area contributed by atoms with E-state index in [0.717, 1.165) is 45.6 Å². The Bertz CT molecular complexity index is 470. The topological polar surface area (TPSA) is 35.6 Å². The third-order valence-electron chi connectivity index (χ3n) is 4.83. The molecule has 0 spiro atoms. The smallest absolute Gasteiger partial charge is 0.228 e. The van der Waals surface area contributed by atoms with Gasteiger partial charge < -0.3 is 10.2 Å². The normalized spacial score (nSPS) is 20.0. The lowest BCUT2D eigenvalue weighted by molar-refractivity contribution is -0.138. The highest BCUT2D eigenvalue weighted by Gasteiger charge is 2.32. The zero-order chi connectivity index (χ0) is 14.7. The summed E-state index contributed by atoms with van der Waals surface area (Å²) >= 11 is 0. The quantitative estimate of drug-likeness (QED) is 0.917. The highest BCUT2D eigenvalue weighted by Crippen LogP contribution is 2.20. The number of hydrogen-bond donors (Lipinski definition) is 1. The van der Waals surface area contributed by atoms with E-state index in [0.29, 0.717) is 11.9 Å². The largest absolute Gasteiger partial charge is 0.342 e. The molecule has 1 aromatic carbocycles. The van der Waals surface area contributed by atoms with Crippen molar-refractivity contribution in [2.24, 2.45) is 5.92 Å². The summed E-state index contributed by atoms with van der Waals surface area (Å²) in [6.07, 6.45) is 2.18. The van der Waals surface area contributed by atoms with Crippen molar-refractivity contribution in [3.05, 3.63) is 35.9 Å². The summed E-state index contributed by atoms with van der Waals surface area (Å²) in [6, 6.07) is 11.1. The van der Waals surface area contributed by atoms with Crippen LogP contribution in [0.4, 0.5) is 0 Å². The zero-order valence-corrected chi connectivity index (χ0v) is 14.0. The van der Waals surface area contributed by atoms with Gasteiger partial charge in [-0.3, -0.25) is 9.69 Å². The molecule has 122 valence electrons. The molecule has 2 aliphatic rings. The number of carbonyl (C=O) groups is 1. The monoisotopic (exact) mass is 323 g/mol. The molecule has 0 bridgehead atoms. The molecule has 3 rings (SSSR count). The van der Waals surface area contributed by atoms with Crippen LogP contribution in [0.25, 0.3) is 0 Å². The van der Waals surface area contributed by atoms with Crippen molar-refractivity contribution in [2.45, 2.75) is 25.4 Å². The summed E-state index contributed by atoms with van der Waals surface area (Å²) in [5.74, 6) is 0.549. The van der Waals surface area contributed by atoms with E-state index in [2.05, 4.69) is 40.5 Å². The molecule has 0 saturated carbocycles. The van der Waals surface area contributed by atoms with Crippen molar-refractivity contribution in [3.63, 3.8) is 0 Å². The van der Waals surface area contributed by atoms with Crippen molar-refractivity contribution < 1.29 is 4.79 Å². The van der Waals surface area contributed by atoms with Gasteiger partial charge in [-0.1, -0.05) is 30.3 Å². The van der Waals surface area contributed by atoms with Gasteiger partial charge in [-0.2, -0.15) is 0 Å². The maximum atomic E-state index is 12.3. The molecule has 0 radical (unpaired) electrons. The van der Waals surface area contributed by atoms with Crippen molar-refractivity contribution in [3.8, 4) is 0 Å². The third kappa shape index (κ3) is 4.00. The summed E-state index contributed by atoms with van der Waals surface area (Å²) < 4.78 is 0. The molecule has 4 nitrogen and oxygen atoms in total. The number of nitrogens with one attached hydrogen (secondary N) is 1. The number of halogens is 1. The first-order chi connectivity index (χ1) is 10.2. The van der Waals surface area contributed by atoms with Gasteiger partial charge in [0.05, 0.1) is 5.92 Å². The molecule has 2 aliphatic heterocycles. The van der Waals surface area contributed by atoms with Crippen LogP contribution in [0, 0.1) is 5.92 Å². The Kier molecular flexibility index (Phi) is 6.24. The highest BCUT2D eigenvalue weighted by atomic mass is 35.5. The summed E-state index contributed by atoms with van der Waals surface area (Å²) in [7, 11) is 1.98. The second kappa shape index (κ2) is 7.95. The first-order valence-corrected chi connectivity index (χ1v) is 7.97. The fourth-order valence-corrected chi connectivity index (χ4v) is 3.24. The van der Waals surface area contributed by atoms with Crippen LogP contribution >= 0.6 is 12.4 Å². The minimum atomic E-state index is 0. The Balaban J connectivity index is 0.00000176. The van der Waals surface area contributed by atoms with Gasteiger partial charge in [0.15, 0.2) is 0 Å². The van der Waals surface area contributed by atoms with Crippen LogP contribution in [0.1, 0.15) is 18.4 Å². The van der Waals surface area contributed by atoms with Gasteiger partial charge in [-0.25, -0.2) is 0 Å². The number of amides is 1. The molecule has 1 amide bonds. The van der Waals surface area contributed by atoms with E-state index in [4.69, 9.17) is 0 Å². The maximum Gasteiger partial charge on any atom is 0.228 e. The second-order valence-electron chi connectivity index (χ2n) is 6.30. The molecule has 1 aromatic rings. The van der Waals surface area contributed by atoms with Gasteiger partial charge in [-0.05, 0) is 18.4 Å². The van der Waals surface area contributed by atoms with Gasteiger partial charge >= 0.3 is 0 Å². The van der Waals surface area contributed by atoms with Crippen molar-refractivity contribution in [1.82, 2.24) is 15.1 Å². The number of likely N-dealkylation sites (tertiary alicyclic amines) is 1. The zero-order valence-electron chi connectivity index (χ0n) is 13.2. The SMILES string of the molecule is CN(C(=O)C1CNC1)C1CCN(Cc2ccccc2)CC1.Cl. The summed E-state index contributed by atoms with van der Waals surface area (Å²) in [4.78, 5) is 16.8. The fourth-order valence-electron chi connectivity index (χ4n) is 3.24. The molecule has 22 heavy (non-hydrogen) atoms. The lowest BCUT2D eigenvalue weighted by Crippen LogP contribution is -2.54. The number of rotatable bonds is 4. The number of piperidine rings is 1. The van der Waals surface area contributed by atoms with E-state index in [1.807, 2.05) is 11.9 Å². The molecule has 1 N–H and O–H groups in total. The average molecular weight is 324 g/mol. The Labute approximate surface area is 139 Å². The fraction of sp³-hybridized carbons (Fsp3) is 0.588. The molecule has 2 saturated heterocycles. The Hall–Kier alpha value is -1.10. The summed E-state index contributed by atoms with van der Waals surface area (Å²) in [5, 5.41) is 3.18. The van der Waals surface area contributed by atoms with Crippen LogP contribution in [0.2, 0.25) is 0 Å². The average Bonchev–Trinajstić information content (AvgIpc) is 2.46. The molecule has 2 fully saturated rings. The predicted molar refractivity (Wildman–Crippen MR) is 91.1 cm³/mol. The molecule has 5 heteroatoms. The van der Waals surface area contributed by atoms with E-state index in [9.17, 15) is 4.79 Å². The van der Waals surface area contributed by atoms with Gasteiger partial charge in [0, 0.05) is 45.8 Å². The van der Waals surface area contributed by atoms with Crippen LogP contribution < -0.4 is 5.32 Å². The van der Waals surface area contributed by atoms with Crippen molar-refractivity contribution in [2.75, 3.05) is 33.2 Å². The Morgan fingerprint density at radius 3 is 2.41 bits per heavy atom. The van der Waals surface area contributed by atoms with E-state index in [-0.39, 0.29) is 18.3 Å². The van der Waals surface area contributed by atoms with Crippen molar-refractivity contribution in [1.29, 1.82) is 0 Å². The van der Waals surface area contributed by atoms with E-state index < -0.39 is 0 Å². The standard InChI is InChI=1S/C17H25N3O.ClH/c1-19(17(21)15-11-18-12-15)16-7-9-20(10-8-16)13-14-5-3-2-4-6-14;/h2-6,15-16,18H,7-13H2,1H3;1H. The first-order valence-electron chi connectivity index (χ1n) is 7.97. The molecule has 2 heterocycles.